The zero-order chi connectivity index (χ0) is 15.3. The molecule has 20 heavy (non-hydrogen) atoms. The summed E-state index contributed by atoms with van der Waals surface area (Å²) in [5.41, 5.74) is 2.42. The molecule has 0 saturated heterocycles. The first-order valence-electron chi connectivity index (χ1n) is 7.73. The van der Waals surface area contributed by atoms with Gasteiger partial charge in [-0.3, -0.25) is 4.68 Å². The van der Waals surface area contributed by atoms with E-state index in [-0.39, 0.29) is 0 Å². The Kier molecular flexibility index (Phi) is 6.53. The topological polar surface area (TPSA) is 29.9 Å². The molecular weight excluding hydrogens is 270 g/mol. The molecular formula is C16H30ClN3. The Morgan fingerprint density at radius 1 is 1.30 bits per heavy atom. The van der Waals surface area contributed by atoms with Crippen molar-refractivity contribution in [1.82, 2.24) is 15.1 Å². The lowest BCUT2D eigenvalue weighted by Crippen LogP contribution is -2.36. The summed E-state index contributed by atoms with van der Waals surface area (Å²) in [5, 5.41) is 9.01. The first kappa shape index (κ1) is 17.5. The van der Waals surface area contributed by atoms with Crippen LogP contribution < -0.4 is 5.32 Å². The molecule has 3 nitrogen and oxygen atoms in total. The van der Waals surface area contributed by atoms with Crippen LogP contribution >= 0.6 is 11.6 Å². The Morgan fingerprint density at radius 3 is 2.45 bits per heavy atom. The monoisotopic (exact) mass is 299 g/mol. The zero-order valence-corrected chi connectivity index (χ0v) is 14.6. The Balaban J connectivity index is 2.88. The molecule has 0 amide bonds. The van der Waals surface area contributed by atoms with Gasteiger partial charge in [-0.05, 0) is 38.6 Å². The van der Waals surface area contributed by atoms with Crippen molar-refractivity contribution in [3.8, 4) is 0 Å². The van der Waals surface area contributed by atoms with Crippen molar-refractivity contribution >= 4 is 11.6 Å². The second kappa shape index (κ2) is 7.46. The van der Waals surface area contributed by atoms with E-state index in [0.29, 0.717) is 11.5 Å². The van der Waals surface area contributed by atoms with E-state index in [0.717, 1.165) is 43.1 Å². The number of nitrogens with one attached hydrogen (secondary N) is 1. The molecule has 1 aromatic heterocycles. The average molecular weight is 300 g/mol. The van der Waals surface area contributed by atoms with E-state index < -0.39 is 0 Å². The molecule has 0 aliphatic rings. The van der Waals surface area contributed by atoms with Crippen molar-refractivity contribution in [3.63, 3.8) is 0 Å². The summed E-state index contributed by atoms with van der Waals surface area (Å²) in [6, 6.07) is 0.453. The molecule has 1 atom stereocenters. The van der Waals surface area contributed by atoms with Gasteiger partial charge < -0.3 is 5.32 Å². The van der Waals surface area contributed by atoms with Crippen molar-refractivity contribution in [2.75, 3.05) is 6.54 Å². The highest BCUT2D eigenvalue weighted by Crippen LogP contribution is 2.26. The molecule has 0 bridgehead atoms. The van der Waals surface area contributed by atoms with Crippen LogP contribution in [-0.4, -0.2) is 22.4 Å². The maximum Gasteiger partial charge on any atom is 0.0847 e. The first-order chi connectivity index (χ1) is 9.28. The summed E-state index contributed by atoms with van der Waals surface area (Å²) in [5.74, 6) is 0. The van der Waals surface area contributed by atoms with Gasteiger partial charge in [-0.15, -0.1) is 0 Å². The highest BCUT2D eigenvalue weighted by Gasteiger charge is 2.22. The quantitative estimate of drug-likeness (QED) is 0.817. The predicted octanol–water partition coefficient (Wildman–Crippen LogP) is 4.21. The van der Waals surface area contributed by atoms with Gasteiger partial charge in [-0.2, -0.15) is 5.10 Å². The van der Waals surface area contributed by atoms with Crippen LogP contribution in [0.1, 0.15) is 58.8 Å². The highest BCUT2D eigenvalue weighted by molar-refractivity contribution is 6.31. The van der Waals surface area contributed by atoms with Gasteiger partial charge in [0.1, 0.15) is 0 Å². The standard InChI is InChI=1S/C16H30ClN3/c1-7-9-18-13(11-16(4,5)6)10-14-15(17)12(3)19-20(14)8-2/h13,18H,7-11H2,1-6H3. The van der Waals surface area contributed by atoms with Gasteiger partial charge in [-0.25, -0.2) is 0 Å². The van der Waals surface area contributed by atoms with E-state index in [1.807, 2.05) is 11.6 Å². The largest absolute Gasteiger partial charge is 0.314 e. The smallest absolute Gasteiger partial charge is 0.0847 e. The summed E-state index contributed by atoms with van der Waals surface area (Å²) < 4.78 is 2.04. The fraction of sp³-hybridized carbons (Fsp3) is 0.812. The number of aryl methyl sites for hydroxylation is 2. The van der Waals surface area contributed by atoms with Gasteiger partial charge >= 0.3 is 0 Å². The SMILES string of the molecule is CCCNC(Cc1c(Cl)c(C)nn1CC)CC(C)(C)C. The second-order valence-electron chi connectivity index (χ2n) is 6.78. The van der Waals surface area contributed by atoms with E-state index in [1.165, 1.54) is 5.69 Å². The van der Waals surface area contributed by atoms with E-state index in [9.17, 15) is 0 Å². The van der Waals surface area contributed by atoms with Gasteiger partial charge in [0.25, 0.3) is 0 Å². The van der Waals surface area contributed by atoms with Crippen LogP contribution in [-0.2, 0) is 13.0 Å². The van der Waals surface area contributed by atoms with E-state index in [1.54, 1.807) is 0 Å². The number of hydrogen-bond donors (Lipinski definition) is 1. The molecule has 0 radical (unpaired) electrons. The minimum absolute atomic E-state index is 0.310. The molecule has 1 unspecified atom stereocenters. The lowest BCUT2D eigenvalue weighted by molar-refractivity contribution is 0.303. The number of halogens is 1. The number of rotatable bonds is 7. The lowest BCUT2D eigenvalue weighted by atomic mass is 9.86. The number of hydrogen-bond acceptors (Lipinski definition) is 2. The molecule has 116 valence electrons. The molecule has 0 aliphatic carbocycles. The van der Waals surface area contributed by atoms with Gasteiger partial charge in [0, 0.05) is 19.0 Å². The Bertz CT molecular complexity index is 418. The van der Waals surface area contributed by atoms with Crippen molar-refractivity contribution < 1.29 is 0 Å². The molecule has 0 aliphatic heterocycles. The zero-order valence-electron chi connectivity index (χ0n) is 13.9. The van der Waals surface area contributed by atoms with Crippen LogP contribution in [0.15, 0.2) is 0 Å². The van der Waals surface area contributed by atoms with E-state index in [4.69, 9.17) is 11.6 Å². The maximum absolute atomic E-state index is 6.43. The third-order valence-corrected chi connectivity index (χ3v) is 3.93. The van der Waals surface area contributed by atoms with Crippen molar-refractivity contribution in [3.05, 3.63) is 16.4 Å². The fourth-order valence-corrected chi connectivity index (χ4v) is 2.81. The summed E-state index contributed by atoms with van der Waals surface area (Å²) in [6.45, 7) is 15.1. The third-order valence-electron chi connectivity index (χ3n) is 3.43. The molecule has 1 heterocycles. The molecule has 1 aromatic rings. The summed E-state index contributed by atoms with van der Waals surface area (Å²) >= 11 is 6.43. The third kappa shape index (κ3) is 5.10. The molecule has 0 fully saturated rings. The van der Waals surface area contributed by atoms with Crippen LogP contribution in [0, 0.1) is 12.3 Å². The van der Waals surface area contributed by atoms with Crippen LogP contribution in [0.3, 0.4) is 0 Å². The minimum atomic E-state index is 0.310. The Hall–Kier alpha value is -0.540. The van der Waals surface area contributed by atoms with Gasteiger partial charge in [0.05, 0.1) is 16.4 Å². The second-order valence-corrected chi connectivity index (χ2v) is 7.16. The minimum Gasteiger partial charge on any atom is -0.314 e. The molecule has 0 spiro atoms. The van der Waals surface area contributed by atoms with Crippen molar-refractivity contribution in [1.29, 1.82) is 0 Å². The lowest BCUT2D eigenvalue weighted by Gasteiger charge is -2.27. The maximum atomic E-state index is 6.43. The van der Waals surface area contributed by atoms with Gasteiger partial charge in [-0.1, -0.05) is 39.3 Å². The Morgan fingerprint density at radius 2 is 1.95 bits per heavy atom. The van der Waals surface area contributed by atoms with Crippen LogP contribution in [0.25, 0.3) is 0 Å². The normalized spacial score (nSPS) is 13.8. The van der Waals surface area contributed by atoms with E-state index >= 15 is 0 Å². The van der Waals surface area contributed by atoms with E-state index in [2.05, 4.69) is 45.0 Å². The van der Waals surface area contributed by atoms with Crippen molar-refractivity contribution in [2.24, 2.45) is 5.41 Å². The van der Waals surface area contributed by atoms with Crippen LogP contribution in [0.4, 0.5) is 0 Å². The van der Waals surface area contributed by atoms with Crippen LogP contribution in [0.5, 0.6) is 0 Å². The fourth-order valence-electron chi connectivity index (χ4n) is 2.60. The number of aromatic nitrogens is 2. The summed E-state index contributed by atoms with van der Waals surface area (Å²) in [7, 11) is 0. The molecule has 1 N–H and O–H groups in total. The summed E-state index contributed by atoms with van der Waals surface area (Å²) in [4.78, 5) is 0. The molecule has 0 saturated carbocycles. The summed E-state index contributed by atoms with van der Waals surface area (Å²) in [6.07, 6.45) is 3.24. The molecule has 1 rings (SSSR count). The predicted molar refractivity (Wildman–Crippen MR) is 87.5 cm³/mol. The van der Waals surface area contributed by atoms with Crippen LogP contribution in [0.2, 0.25) is 5.02 Å². The molecule has 0 aromatic carbocycles. The van der Waals surface area contributed by atoms with Gasteiger partial charge in [0.15, 0.2) is 0 Å². The number of nitrogens with zero attached hydrogens (tertiary/aromatic N) is 2. The van der Waals surface area contributed by atoms with Crippen molar-refractivity contribution in [2.45, 2.75) is 73.4 Å². The van der Waals surface area contributed by atoms with Gasteiger partial charge in [0.2, 0.25) is 0 Å². The Labute approximate surface area is 129 Å². The molecule has 4 heteroatoms. The highest BCUT2D eigenvalue weighted by atomic mass is 35.5. The average Bonchev–Trinajstić information content (AvgIpc) is 2.61. The first-order valence-corrected chi connectivity index (χ1v) is 8.11.